The van der Waals surface area contributed by atoms with Gasteiger partial charge in [-0.2, -0.15) is 23.5 Å². The van der Waals surface area contributed by atoms with Crippen molar-refractivity contribution in [2.75, 3.05) is 37.8 Å². The molecule has 10 atom stereocenters. The van der Waals surface area contributed by atoms with Gasteiger partial charge < -0.3 is 89.1 Å². The lowest BCUT2D eigenvalue weighted by molar-refractivity contribution is -0.143. The average Bonchev–Trinajstić information content (AvgIpc) is 1.71. The number of rotatable bonds is 12. The van der Waals surface area contributed by atoms with E-state index in [1.807, 2.05) is 24.3 Å². The van der Waals surface area contributed by atoms with Crippen molar-refractivity contribution in [2.24, 2.45) is 5.73 Å². The van der Waals surface area contributed by atoms with Crippen LogP contribution in [0, 0.1) is 11.6 Å². The number of fused-ring (bicyclic) bond motifs is 5. The van der Waals surface area contributed by atoms with E-state index < -0.39 is 163 Å². The van der Waals surface area contributed by atoms with Gasteiger partial charge in [0.05, 0.1) is 19.1 Å². The number of aromatic amines is 2. The molecule has 3 aliphatic rings. The third kappa shape index (κ3) is 20.0. The summed E-state index contributed by atoms with van der Waals surface area (Å²) in [7, 11) is 0. The molecule has 2 saturated heterocycles. The van der Waals surface area contributed by atoms with Crippen LogP contribution in [0.5, 0.6) is 5.75 Å². The molecule has 0 spiro atoms. The summed E-state index contributed by atoms with van der Waals surface area (Å²) in [5.41, 5.74) is 9.43. The van der Waals surface area contributed by atoms with Crippen LogP contribution in [0.25, 0.3) is 21.8 Å². The lowest BCUT2D eigenvalue weighted by atomic mass is 10.0. The maximum atomic E-state index is 15.0. The van der Waals surface area contributed by atoms with Gasteiger partial charge in [0.2, 0.25) is 59.1 Å². The molecule has 98 heavy (non-hydrogen) atoms. The van der Waals surface area contributed by atoms with Gasteiger partial charge in [0.1, 0.15) is 65.7 Å². The highest BCUT2D eigenvalue weighted by molar-refractivity contribution is 7.98. The van der Waals surface area contributed by atoms with Crippen molar-refractivity contribution in [3.8, 4) is 5.75 Å². The molecule has 28 nitrogen and oxygen atoms in total. The Labute approximate surface area is 569 Å². The number of aromatic hydroxyl groups is 1. The van der Waals surface area contributed by atoms with Gasteiger partial charge in [0, 0.05) is 109 Å². The fourth-order valence-electron chi connectivity index (χ4n) is 11.9. The van der Waals surface area contributed by atoms with Crippen LogP contribution in [0.2, 0.25) is 0 Å². The molecular weight excluding hydrogens is 1310 g/mol. The van der Waals surface area contributed by atoms with E-state index in [2.05, 4.69) is 63.1 Å². The molecular formula is C66H78F2N14O14S2. The summed E-state index contributed by atoms with van der Waals surface area (Å²) >= 11 is 2.72. The summed E-state index contributed by atoms with van der Waals surface area (Å²) in [4.78, 5) is 163. The number of carbonyl (C=O) groups is 11. The van der Waals surface area contributed by atoms with E-state index in [4.69, 9.17) is 5.73 Å². The third-order valence-electron chi connectivity index (χ3n) is 16.9. The molecule has 3 aliphatic heterocycles. The molecule has 0 aliphatic carbocycles. The number of hydrogen-bond donors (Lipinski definition) is 16. The van der Waals surface area contributed by atoms with Crippen LogP contribution in [-0.2, 0) is 83.5 Å². The Kier molecular flexibility index (Phi) is 25.2. The Morgan fingerprint density at radius 3 is 1.87 bits per heavy atom. The number of halogens is 2. The number of amides is 10. The molecule has 9 rings (SSSR count). The van der Waals surface area contributed by atoms with Gasteiger partial charge in [-0.1, -0.05) is 36.4 Å². The van der Waals surface area contributed by atoms with E-state index in [9.17, 15) is 67.3 Å². The second kappa shape index (κ2) is 34.0. The summed E-state index contributed by atoms with van der Waals surface area (Å²) in [6.07, 6.45) is -0.558. The maximum Gasteiger partial charge on any atom is 0.305 e. The number of phenols is 1. The molecule has 2 bridgehead atoms. The topological polar surface area (TPSA) is 430 Å². The number of aliphatic carboxylic acids is 1. The quantitative estimate of drug-likeness (QED) is 0.0766. The molecule has 522 valence electrons. The van der Waals surface area contributed by atoms with Crippen LogP contribution in [-0.4, -0.2) is 194 Å². The van der Waals surface area contributed by atoms with Crippen LogP contribution >= 0.6 is 23.5 Å². The standard InChI is InChI=1S/C66H78F2N14O14S2/c1-34(83)58-65(95)73-29-56(86)75-48(20-38-26-71-46-13-9-40(67)22-44(38)46)60(90)76-49(21-39-27-72-47-14-10-41(68)23-45(39)47)61(91)78-51(25-57(87)88)63(93)77-50(24-42-28-70-33-74-42)62(92)79-52(19-35-7-11-43(84)12-8-35)66(96)82-16-3-6-54(82)64(94)80-53(59(69)89)32-98-31-37-5-2-4-36(18-37)30-97-17-15-55(85)81-58/h2,4-5,7-14,18,22-23,26-27,34,42,48-54,58,70-72,74,83-84H,3,6,15-17,19-21,24-25,28-33H2,1H3,(H2,69,89)(H,73,95)(H,75,86)(H,76,90)(H,77,93)(H,78,91)(H,79,92)(H,80,94)(H,81,85)(H,87,88)/t34-,42?,48+,49+,50+,51+,52+,53+,54+,58+/m1/s1. The molecule has 17 N–H and O–H groups in total. The molecule has 4 aromatic carbocycles. The van der Waals surface area contributed by atoms with Crippen molar-refractivity contribution < 1.29 is 76.8 Å². The largest absolute Gasteiger partial charge is 0.508 e. The summed E-state index contributed by atoms with van der Waals surface area (Å²) < 4.78 is 29.7. The third-order valence-corrected chi connectivity index (χ3v) is 19.1. The minimum atomic E-state index is -2.02. The molecule has 5 heterocycles. The van der Waals surface area contributed by atoms with Crippen molar-refractivity contribution in [3.05, 3.63) is 137 Å². The highest BCUT2D eigenvalue weighted by atomic mass is 32.2. The Morgan fingerprint density at radius 2 is 1.26 bits per heavy atom. The first-order valence-electron chi connectivity index (χ1n) is 31.8. The smallest absolute Gasteiger partial charge is 0.305 e. The number of carboxylic acids is 1. The van der Waals surface area contributed by atoms with Gasteiger partial charge in [-0.25, -0.2) is 8.78 Å². The number of carbonyl (C=O) groups excluding carboxylic acids is 10. The van der Waals surface area contributed by atoms with Crippen molar-refractivity contribution >= 4 is 110 Å². The molecule has 2 fully saturated rings. The van der Waals surface area contributed by atoms with Gasteiger partial charge in [-0.3, -0.25) is 52.7 Å². The minimum Gasteiger partial charge on any atom is -0.508 e. The number of carboxylic acid groups (broad SMARTS) is 1. The zero-order chi connectivity index (χ0) is 70.2. The zero-order valence-electron chi connectivity index (χ0n) is 53.3. The number of hydrogen-bond acceptors (Lipinski definition) is 17. The van der Waals surface area contributed by atoms with Crippen molar-refractivity contribution in [2.45, 2.75) is 130 Å². The van der Waals surface area contributed by atoms with E-state index in [1.54, 1.807) is 0 Å². The minimum absolute atomic E-state index is 0.0467. The van der Waals surface area contributed by atoms with E-state index in [0.717, 1.165) is 17.2 Å². The number of nitrogens with two attached hydrogens (primary N) is 1. The summed E-state index contributed by atoms with van der Waals surface area (Å²) in [6, 6.07) is 7.94. The number of primary amides is 1. The van der Waals surface area contributed by atoms with Gasteiger partial charge in [-0.05, 0) is 103 Å². The number of H-pyrrole nitrogens is 2. The summed E-state index contributed by atoms with van der Waals surface area (Å²) in [5.74, 6) is -11.1. The number of benzene rings is 4. The number of nitrogens with one attached hydrogen (secondary N) is 12. The van der Waals surface area contributed by atoms with Crippen molar-refractivity contribution in [1.29, 1.82) is 0 Å². The Hall–Kier alpha value is -9.63. The first kappa shape index (κ1) is 72.6. The molecule has 0 radical (unpaired) electrons. The molecule has 1 unspecified atom stereocenters. The van der Waals surface area contributed by atoms with Gasteiger partial charge in [0.25, 0.3) is 0 Å². The number of phenolic OH excluding ortho intramolecular Hbond substituents is 1. The number of nitrogens with zero attached hydrogens (tertiary/aromatic N) is 1. The fraction of sp³-hybridized carbons (Fsp3) is 0.409. The summed E-state index contributed by atoms with van der Waals surface area (Å²) in [6.45, 7) is 1.03. The normalized spacial score (nSPS) is 24.2. The summed E-state index contributed by atoms with van der Waals surface area (Å²) in [5, 5.41) is 58.4. The predicted octanol–water partition coefficient (Wildman–Crippen LogP) is -0.0182. The average molecular weight is 1390 g/mol. The Morgan fingerprint density at radius 1 is 0.663 bits per heavy atom. The molecule has 0 saturated carbocycles. The SMILES string of the molecule is C[C@@H](O)[C@@H]1NC(=O)CCSCc2cccc(c2)CSC[C@@H](C(N)=O)NC(=O)[C@@H]2CCCN2C(=O)[C@H](Cc2ccc(O)cc2)NC(=O)[C@H](CC2CNCN2)NC(=O)[C@H](CC(=O)O)NC(=O)[C@H](Cc2c[nH]c3ccc(F)cc23)NC(=O)[C@H](Cc2c[nH]c3ccc(F)cc23)NC(=O)CNC1=O. The van der Waals surface area contributed by atoms with E-state index >= 15 is 9.59 Å². The van der Waals surface area contributed by atoms with Gasteiger partial charge >= 0.3 is 5.97 Å². The Balaban J connectivity index is 1.04. The number of aromatic nitrogens is 2. The first-order valence-corrected chi connectivity index (χ1v) is 34.1. The van der Waals surface area contributed by atoms with E-state index in [1.165, 1.54) is 102 Å². The molecule has 6 aromatic rings. The van der Waals surface area contributed by atoms with Crippen LogP contribution < -0.4 is 58.9 Å². The lowest BCUT2D eigenvalue weighted by Crippen LogP contribution is -2.61. The monoisotopic (exact) mass is 1390 g/mol. The number of aliphatic hydroxyl groups is 1. The van der Waals surface area contributed by atoms with Crippen LogP contribution in [0.1, 0.15) is 66.8 Å². The predicted molar refractivity (Wildman–Crippen MR) is 358 cm³/mol. The second-order valence-corrected chi connectivity index (χ2v) is 26.4. The maximum absolute atomic E-state index is 15.0. The molecule has 2 aromatic heterocycles. The molecule has 32 heteroatoms. The van der Waals surface area contributed by atoms with Crippen molar-refractivity contribution in [1.82, 2.24) is 68.0 Å². The van der Waals surface area contributed by atoms with E-state index in [0.29, 0.717) is 45.5 Å². The molecule has 10 amide bonds. The van der Waals surface area contributed by atoms with Crippen LogP contribution in [0.3, 0.4) is 0 Å². The highest BCUT2D eigenvalue weighted by Crippen LogP contribution is 2.26. The fourth-order valence-corrected chi connectivity index (χ4v) is 13.8. The van der Waals surface area contributed by atoms with Gasteiger partial charge in [-0.15, -0.1) is 0 Å². The van der Waals surface area contributed by atoms with Crippen LogP contribution in [0.4, 0.5) is 8.78 Å². The zero-order valence-corrected chi connectivity index (χ0v) is 54.9. The first-order chi connectivity index (χ1) is 46.9. The Bertz CT molecular complexity index is 3930. The van der Waals surface area contributed by atoms with E-state index in [-0.39, 0.29) is 73.6 Å². The second-order valence-electron chi connectivity index (χ2n) is 24.3. The lowest BCUT2D eigenvalue weighted by Gasteiger charge is -2.31. The highest BCUT2D eigenvalue weighted by Gasteiger charge is 2.41. The van der Waals surface area contributed by atoms with Crippen molar-refractivity contribution in [3.63, 3.8) is 0 Å². The number of aliphatic hydroxyl groups excluding tert-OH is 1. The van der Waals surface area contributed by atoms with Crippen LogP contribution in [0.15, 0.2) is 97.3 Å². The van der Waals surface area contributed by atoms with Gasteiger partial charge in [0.15, 0.2) is 0 Å². The number of thioether (sulfide) groups is 2.